The van der Waals surface area contributed by atoms with Crippen molar-refractivity contribution in [1.29, 1.82) is 0 Å². The molecular weight excluding hydrogens is 505 g/mol. The molecule has 0 radical (unpaired) electrons. The molecule has 0 aliphatic rings. The van der Waals surface area contributed by atoms with E-state index in [1.165, 1.54) is 11.3 Å². The molecule has 1 aromatic carbocycles. The van der Waals surface area contributed by atoms with Crippen molar-refractivity contribution in [2.75, 3.05) is 12.4 Å². The number of ether oxygens (including phenoxy) is 1. The van der Waals surface area contributed by atoms with Crippen LogP contribution in [0.4, 0.5) is 13.2 Å². The SMILES string of the molecule is Cc1csc2nc(C(=O)NCc3cccc(OCCCSc4n[nH]c(C(F)(F)F)n4)c3)[nH]c(=O)c12. The van der Waals surface area contributed by atoms with Gasteiger partial charge in [0.25, 0.3) is 11.5 Å². The zero-order valence-electron chi connectivity index (χ0n) is 18.2. The number of fused-ring (bicyclic) bond motifs is 1. The number of thiophene rings is 1. The van der Waals surface area contributed by atoms with Gasteiger partial charge in [0.15, 0.2) is 0 Å². The van der Waals surface area contributed by atoms with Gasteiger partial charge in [0.2, 0.25) is 16.8 Å². The van der Waals surface area contributed by atoms with Crippen LogP contribution in [0.25, 0.3) is 10.2 Å². The number of carbonyl (C=O) groups is 1. The summed E-state index contributed by atoms with van der Waals surface area (Å²) in [4.78, 5) is 35.4. The maximum absolute atomic E-state index is 12.5. The summed E-state index contributed by atoms with van der Waals surface area (Å²) >= 11 is 2.40. The summed E-state index contributed by atoms with van der Waals surface area (Å²) in [6, 6.07) is 7.11. The summed E-state index contributed by atoms with van der Waals surface area (Å²) in [7, 11) is 0. The van der Waals surface area contributed by atoms with Crippen molar-refractivity contribution in [3.05, 3.63) is 62.8 Å². The Morgan fingerprint density at radius 2 is 2.11 bits per heavy atom. The van der Waals surface area contributed by atoms with Gasteiger partial charge in [0.1, 0.15) is 10.6 Å². The molecule has 14 heteroatoms. The zero-order chi connectivity index (χ0) is 25.0. The number of hydrogen-bond acceptors (Lipinski definition) is 8. The second kappa shape index (κ2) is 10.5. The predicted octanol–water partition coefficient (Wildman–Crippen LogP) is 3.92. The van der Waals surface area contributed by atoms with Crippen LogP contribution in [0.3, 0.4) is 0 Å². The van der Waals surface area contributed by atoms with Crippen LogP contribution in [0, 0.1) is 6.92 Å². The fourth-order valence-electron chi connectivity index (χ4n) is 3.06. The Balaban J connectivity index is 1.24. The Bertz CT molecular complexity index is 1400. The van der Waals surface area contributed by atoms with Crippen LogP contribution in [-0.2, 0) is 12.7 Å². The summed E-state index contributed by atoms with van der Waals surface area (Å²) in [5, 5.41) is 10.5. The van der Waals surface area contributed by atoms with E-state index in [2.05, 4.69) is 25.4 Å². The lowest BCUT2D eigenvalue weighted by atomic mass is 10.2. The van der Waals surface area contributed by atoms with Gasteiger partial charge < -0.3 is 15.0 Å². The minimum atomic E-state index is -4.55. The molecule has 9 nitrogen and oxygen atoms in total. The lowest BCUT2D eigenvalue weighted by molar-refractivity contribution is -0.144. The van der Waals surface area contributed by atoms with Gasteiger partial charge in [-0.1, -0.05) is 23.9 Å². The number of nitrogens with zero attached hydrogens (tertiary/aromatic N) is 3. The number of alkyl halides is 3. The van der Waals surface area contributed by atoms with Gasteiger partial charge in [-0.05, 0) is 42.0 Å². The van der Waals surface area contributed by atoms with Crippen molar-refractivity contribution in [1.82, 2.24) is 30.5 Å². The summed E-state index contributed by atoms with van der Waals surface area (Å²) < 4.78 is 43.2. The van der Waals surface area contributed by atoms with Crippen LogP contribution in [0.5, 0.6) is 5.75 Å². The van der Waals surface area contributed by atoms with Gasteiger partial charge in [-0.2, -0.15) is 18.2 Å². The van der Waals surface area contributed by atoms with E-state index in [0.717, 1.165) is 22.9 Å². The van der Waals surface area contributed by atoms with Gasteiger partial charge in [-0.3, -0.25) is 14.7 Å². The van der Waals surface area contributed by atoms with E-state index in [4.69, 9.17) is 4.74 Å². The smallest absolute Gasteiger partial charge is 0.451 e. The molecule has 35 heavy (non-hydrogen) atoms. The highest BCUT2D eigenvalue weighted by molar-refractivity contribution is 7.99. The first-order valence-electron chi connectivity index (χ1n) is 10.3. The lowest BCUT2D eigenvalue weighted by Gasteiger charge is -2.09. The number of carbonyl (C=O) groups excluding carboxylic acids is 1. The number of nitrogens with one attached hydrogen (secondary N) is 3. The van der Waals surface area contributed by atoms with Crippen molar-refractivity contribution >= 4 is 39.2 Å². The van der Waals surface area contributed by atoms with E-state index >= 15 is 0 Å². The van der Waals surface area contributed by atoms with E-state index in [0.29, 0.717) is 34.7 Å². The first-order chi connectivity index (χ1) is 16.7. The van der Waals surface area contributed by atoms with Gasteiger partial charge in [-0.15, -0.1) is 16.4 Å². The van der Waals surface area contributed by atoms with Gasteiger partial charge >= 0.3 is 6.18 Å². The van der Waals surface area contributed by atoms with E-state index in [-0.39, 0.29) is 23.1 Å². The van der Waals surface area contributed by atoms with Gasteiger partial charge in [0, 0.05) is 12.3 Å². The fraction of sp³-hybridized carbons (Fsp3) is 0.286. The first-order valence-corrected chi connectivity index (χ1v) is 12.2. The average Bonchev–Trinajstić information content (AvgIpc) is 3.45. The standard InChI is InChI=1S/C21H19F3N6O3S2/c1-11-10-35-18-14(11)16(31)26-15(27-18)17(32)25-9-12-4-2-5-13(8-12)33-6-3-7-34-20-28-19(29-30-20)21(22,23)24/h2,4-5,8,10H,3,6-7,9H2,1H3,(H,25,32)(H,26,27,31)(H,28,29,30). The highest BCUT2D eigenvalue weighted by atomic mass is 32.2. The lowest BCUT2D eigenvalue weighted by Crippen LogP contribution is -2.27. The Morgan fingerprint density at radius 3 is 2.89 bits per heavy atom. The second-order valence-corrected chi connectivity index (χ2v) is 9.28. The zero-order valence-corrected chi connectivity index (χ0v) is 19.9. The Morgan fingerprint density at radius 1 is 1.29 bits per heavy atom. The molecule has 1 amide bonds. The number of aromatic amines is 2. The molecule has 0 atom stereocenters. The van der Waals surface area contributed by atoms with E-state index < -0.39 is 17.9 Å². The number of H-pyrrole nitrogens is 2. The Hall–Kier alpha value is -3.39. The Labute approximate surface area is 204 Å². The number of aryl methyl sites for hydroxylation is 1. The van der Waals surface area contributed by atoms with Crippen molar-refractivity contribution < 1.29 is 22.7 Å². The number of hydrogen-bond donors (Lipinski definition) is 3. The molecule has 3 N–H and O–H groups in total. The minimum absolute atomic E-state index is 0.0271. The molecule has 4 aromatic rings. The summed E-state index contributed by atoms with van der Waals surface area (Å²) in [6.07, 6.45) is -3.99. The molecule has 0 saturated heterocycles. The second-order valence-electron chi connectivity index (χ2n) is 7.36. The maximum Gasteiger partial charge on any atom is 0.451 e. The topological polar surface area (TPSA) is 126 Å². The first kappa shape index (κ1) is 24.7. The van der Waals surface area contributed by atoms with Crippen LogP contribution < -0.4 is 15.6 Å². The molecule has 184 valence electrons. The molecular formula is C21H19F3N6O3S2. The summed E-state index contributed by atoms with van der Waals surface area (Å²) in [5.74, 6) is -0.614. The van der Waals surface area contributed by atoms with Crippen molar-refractivity contribution in [3.63, 3.8) is 0 Å². The molecule has 0 aliphatic carbocycles. The molecule has 0 spiro atoms. The summed E-state index contributed by atoms with van der Waals surface area (Å²) in [5.41, 5.74) is 1.24. The third-order valence-electron chi connectivity index (χ3n) is 4.72. The maximum atomic E-state index is 12.5. The minimum Gasteiger partial charge on any atom is -0.494 e. The van der Waals surface area contributed by atoms with Crippen LogP contribution in [-0.4, -0.2) is 43.4 Å². The van der Waals surface area contributed by atoms with E-state index in [1.807, 2.05) is 23.5 Å². The largest absolute Gasteiger partial charge is 0.494 e. The highest BCUT2D eigenvalue weighted by Gasteiger charge is 2.35. The fourth-order valence-corrected chi connectivity index (χ4v) is 4.69. The number of rotatable bonds is 9. The van der Waals surface area contributed by atoms with Crippen LogP contribution in [0.2, 0.25) is 0 Å². The van der Waals surface area contributed by atoms with Crippen LogP contribution in [0.15, 0.2) is 39.6 Å². The van der Waals surface area contributed by atoms with Gasteiger partial charge in [0.05, 0.1) is 12.0 Å². The summed E-state index contributed by atoms with van der Waals surface area (Å²) in [6.45, 7) is 2.35. The quantitative estimate of drug-likeness (QED) is 0.224. The third kappa shape index (κ3) is 6.19. The normalized spacial score (nSPS) is 11.7. The number of benzene rings is 1. The van der Waals surface area contributed by atoms with Crippen molar-refractivity contribution in [3.8, 4) is 5.75 Å². The number of aromatic nitrogens is 5. The van der Waals surface area contributed by atoms with E-state index in [1.54, 1.807) is 18.2 Å². The molecule has 0 bridgehead atoms. The number of thioether (sulfide) groups is 1. The molecule has 0 aliphatic heterocycles. The van der Waals surface area contributed by atoms with E-state index in [9.17, 15) is 22.8 Å². The van der Waals surface area contributed by atoms with Crippen LogP contribution in [0.1, 0.15) is 34.0 Å². The Kier molecular flexibility index (Phi) is 7.40. The number of halogens is 3. The highest BCUT2D eigenvalue weighted by Crippen LogP contribution is 2.27. The molecule has 0 unspecified atom stereocenters. The number of amides is 1. The molecule has 0 saturated carbocycles. The third-order valence-corrected chi connectivity index (χ3v) is 6.64. The molecule has 4 rings (SSSR count). The monoisotopic (exact) mass is 524 g/mol. The molecule has 3 heterocycles. The molecule has 0 fully saturated rings. The van der Waals surface area contributed by atoms with Crippen LogP contribution >= 0.6 is 23.1 Å². The van der Waals surface area contributed by atoms with Gasteiger partial charge in [-0.25, -0.2) is 4.98 Å². The predicted molar refractivity (Wildman–Crippen MR) is 125 cm³/mol. The molecule has 3 aromatic heterocycles. The van der Waals surface area contributed by atoms with Crippen molar-refractivity contribution in [2.45, 2.75) is 31.2 Å². The average molecular weight is 525 g/mol. The van der Waals surface area contributed by atoms with Crippen molar-refractivity contribution in [2.24, 2.45) is 0 Å².